The molecule has 2 N–H and O–H groups in total. The summed E-state index contributed by atoms with van der Waals surface area (Å²) in [4.78, 5) is 11.2. The Morgan fingerprint density at radius 2 is 2.29 bits per heavy atom. The zero-order valence-electron chi connectivity index (χ0n) is 10.5. The van der Waals surface area contributed by atoms with Gasteiger partial charge in [0, 0.05) is 13.5 Å². The van der Waals surface area contributed by atoms with E-state index in [9.17, 15) is 4.79 Å². The Balaban J connectivity index is 2.31. The van der Waals surface area contributed by atoms with Crippen molar-refractivity contribution in [2.75, 3.05) is 18.5 Å². The number of hydrogen-bond acceptors (Lipinski definition) is 3. The summed E-state index contributed by atoms with van der Waals surface area (Å²) in [6.07, 6.45) is 0. The van der Waals surface area contributed by atoms with Crippen LogP contribution in [0.1, 0.15) is 26.3 Å². The highest BCUT2D eigenvalue weighted by atomic mass is 16.5. The molecule has 0 saturated carbocycles. The summed E-state index contributed by atoms with van der Waals surface area (Å²) in [5.41, 5.74) is 1.97. The first-order chi connectivity index (χ1) is 8.05. The molecule has 1 aliphatic rings. The summed E-state index contributed by atoms with van der Waals surface area (Å²) in [6.45, 7) is 7.12. The molecule has 1 amide bonds. The number of nitrogens with one attached hydrogen (secondary N) is 2. The van der Waals surface area contributed by atoms with E-state index in [0.29, 0.717) is 6.61 Å². The van der Waals surface area contributed by atoms with Crippen LogP contribution in [-0.2, 0) is 10.3 Å². The Morgan fingerprint density at radius 1 is 1.59 bits per heavy atom. The van der Waals surface area contributed by atoms with Gasteiger partial charge in [-0.3, -0.25) is 4.79 Å². The van der Waals surface area contributed by atoms with Crippen molar-refractivity contribution in [3.63, 3.8) is 0 Å². The maximum absolute atomic E-state index is 11.2. The van der Waals surface area contributed by atoms with Crippen LogP contribution in [0.3, 0.4) is 0 Å². The summed E-state index contributed by atoms with van der Waals surface area (Å²) in [5.74, 6) is 0.632. The monoisotopic (exact) mass is 234 g/mol. The second-order valence-corrected chi connectivity index (χ2v) is 4.51. The predicted octanol–water partition coefficient (Wildman–Crippen LogP) is 1.86. The van der Waals surface area contributed by atoms with Crippen molar-refractivity contribution >= 4 is 11.6 Å². The van der Waals surface area contributed by atoms with E-state index >= 15 is 0 Å². The van der Waals surface area contributed by atoms with Crippen molar-refractivity contribution in [1.29, 1.82) is 0 Å². The standard InChI is InChI=1S/C13H18N2O2/c1-4-17-12-6-5-10(13(3)8-14-13)7-11(12)15-9(2)16/h5-7,14H,4,8H2,1-3H3,(H,15,16). The first-order valence-corrected chi connectivity index (χ1v) is 5.85. The van der Waals surface area contributed by atoms with Gasteiger partial charge in [-0.05, 0) is 31.5 Å². The zero-order valence-corrected chi connectivity index (χ0v) is 10.5. The topological polar surface area (TPSA) is 60.3 Å². The Morgan fingerprint density at radius 3 is 2.82 bits per heavy atom. The molecule has 92 valence electrons. The fourth-order valence-electron chi connectivity index (χ4n) is 1.78. The number of hydrogen-bond donors (Lipinski definition) is 2. The van der Waals surface area contributed by atoms with E-state index in [1.54, 1.807) is 0 Å². The Kier molecular flexibility index (Phi) is 3.07. The predicted molar refractivity (Wildman–Crippen MR) is 67.3 cm³/mol. The number of anilines is 1. The van der Waals surface area contributed by atoms with Gasteiger partial charge in [0.25, 0.3) is 0 Å². The first kappa shape index (κ1) is 11.9. The van der Waals surface area contributed by atoms with Gasteiger partial charge < -0.3 is 15.4 Å². The Bertz CT molecular complexity index is 439. The first-order valence-electron chi connectivity index (χ1n) is 5.85. The molecule has 0 bridgehead atoms. The van der Waals surface area contributed by atoms with Gasteiger partial charge in [0.1, 0.15) is 5.75 Å². The quantitative estimate of drug-likeness (QED) is 0.782. The van der Waals surface area contributed by atoms with E-state index in [-0.39, 0.29) is 11.4 Å². The van der Waals surface area contributed by atoms with Crippen LogP contribution in [0.2, 0.25) is 0 Å². The molecule has 4 heteroatoms. The molecule has 17 heavy (non-hydrogen) atoms. The number of ether oxygens (including phenoxy) is 1. The third-order valence-electron chi connectivity index (χ3n) is 2.93. The van der Waals surface area contributed by atoms with E-state index in [1.807, 2.05) is 25.1 Å². The summed E-state index contributed by atoms with van der Waals surface area (Å²) in [7, 11) is 0. The van der Waals surface area contributed by atoms with E-state index < -0.39 is 0 Å². The fourth-order valence-corrected chi connectivity index (χ4v) is 1.78. The normalized spacial score (nSPS) is 22.1. The number of carbonyl (C=O) groups excluding carboxylic acids is 1. The minimum Gasteiger partial charge on any atom is -0.492 e. The van der Waals surface area contributed by atoms with E-state index in [0.717, 1.165) is 18.0 Å². The molecule has 0 spiro atoms. The molecule has 1 atom stereocenters. The van der Waals surface area contributed by atoms with Crippen LogP contribution in [0.4, 0.5) is 5.69 Å². The van der Waals surface area contributed by atoms with Crippen LogP contribution in [0.25, 0.3) is 0 Å². The molecule has 0 aliphatic carbocycles. The van der Waals surface area contributed by atoms with Gasteiger partial charge in [0.05, 0.1) is 17.8 Å². The third-order valence-corrected chi connectivity index (χ3v) is 2.93. The number of carbonyl (C=O) groups is 1. The number of benzene rings is 1. The zero-order chi connectivity index (χ0) is 12.5. The van der Waals surface area contributed by atoms with E-state index in [4.69, 9.17) is 4.74 Å². The van der Waals surface area contributed by atoms with Crippen LogP contribution >= 0.6 is 0 Å². The molecule has 1 fully saturated rings. The van der Waals surface area contributed by atoms with Gasteiger partial charge in [0.2, 0.25) is 5.91 Å². The van der Waals surface area contributed by atoms with Crippen LogP contribution in [0, 0.1) is 0 Å². The largest absolute Gasteiger partial charge is 0.492 e. The molecular weight excluding hydrogens is 216 g/mol. The average molecular weight is 234 g/mol. The molecular formula is C13H18N2O2. The van der Waals surface area contributed by atoms with Crippen LogP contribution < -0.4 is 15.4 Å². The van der Waals surface area contributed by atoms with Crippen molar-refractivity contribution in [1.82, 2.24) is 5.32 Å². The molecule has 1 aliphatic heterocycles. The van der Waals surface area contributed by atoms with Crippen molar-refractivity contribution in [3.05, 3.63) is 23.8 Å². The summed E-state index contributed by atoms with van der Waals surface area (Å²) >= 11 is 0. The number of amides is 1. The molecule has 4 nitrogen and oxygen atoms in total. The van der Waals surface area contributed by atoms with Crippen molar-refractivity contribution in [2.45, 2.75) is 26.3 Å². The summed E-state index contributed by atoms with van der Waals surface area (Å²) in [6, 6.07) is 5.93. The lowest BCUT2D eigenvalue weighted by Crippen LogP contribution is -2.11. The van der Waals surface area contributed by atoms with Crippen molar-refractivity contribution < 1.29 is 9.53 Å². The Hall–Kier alpha value is -1.55. The fraction of sp³-hybridized carbons (Fsp3) is 0.462. The molecule has 0 aromatic heterocycles. The second-order valence-electron chi connectivity index (χ2n) is 4.51. The van der Waals surface area contributed by atoms with Crippen LogP contribution in [0.5, 0.6) is 5.75 Å². The molecule has 1 saturated heterocycles. The lowest BCUT2D eigenvalue weighted by molar-refractivity contribution is -0.114. The SMILES string of the molecule is CCOc1ccc(C2(C)CN2)cc1NC(C)=O. The van der Waals surface area contributed by atoms with Crippen molar-refractivity contribution in [3.8, 4) is 5.75 Å². The highest BCUT2D eigenvalue weighted by molar-refractivity contribution is 5.90. The van der Waals surface area contributed by atoms with Gasteiger partial charge in [0.15, 0.2) is 0 Å². The second kappa shape index (κ2) is 4.37. The van der Waals surface area contributed by atoms with E-state index in [1.165, 1.54) is 12.5 Å². The Labute approximate surface area is 101 Å². The van der Waals surface area contributed by atoms with Gasteiger partial charge in [-0.1, -0.05) is 6.07 Å². The number of rotatable bonds is 4. The van der Waals surface area contributed by atoms with Gasteiger partial charge in [-0.2, -0.15) is 0 Å². The maximum atomic E-state index is 11.2. The van der Waals surface area contributed by atoms with Crippen molar-refractivity contribution in [2.24, 2.45) is 0 Å². The lowest BCUT2D eigenvalue weighted by Gasteiger charge is -2.14. The van der Waals surface area contributed by atoms with Crippen LogP contribution in [-0.4, -0.2) is 19.1 Å². The molecule has 0 radical (unpaired) electrons. The van der Waals surface area contributed by atoms with Gasteiger partial charge in [-0.25, -0.2) is 0 Å². The molecule has 1 heterocycles. The highest BCUT2D eigenvalue weighted by Crippen LogP contribution is 2.35. The highest BCUT2D eigenvalue weighted by Gasteiger charge is 2.38. The minimum absolute atomic E-state index is 0.0535. The molecule has 2 rings (SSSR count). The third kappa shape index (κ3) is 2.58. The summed E-state index contributed by atoms with van der Waals surface area (Å²) < 4.78 is 5.49. The van der Waals surface area contributed by atoms with E-state index in [2.05, 4.69) is 17.6 Å². The van der Waals surface area contributed by atoms with Gasteiger partial charge >= 0.3 is 0 Å². The maximum Gasteiger partial charge on any atom is 0.221 e. The van der Waals surface area contributed by atoms with Gasteiger partial charge in [-0.15, -0.1) is 0 Å². The summed E-state index contributed by atoms with van der Waals surface area (Å²) in [5, 5.41) is 6.11. The molecule has 1 aromatic rings. The molecule has 1 aromatic carbocycles. The smallest absolute Gasteiger partial charge is 0.221 e. The lowest BCUT2D eigenvalue weighted by atomic mass is 10.0. The molecule has 1 unspecified atom stereocenters. The average Bonchev–Trinajstić information content (AvgIpc) is 3.00. The van der Waals surface area contributed by atoms with Crippen LogP contribution in [0.15, 0.2) is 18.2 Å². The minimum atomic E-state index is -0.0861.